The Morgan fingerprint density at radius 2 is 2.00 bits per heavy atom. The molecule has 0 fully saturated rings. The Kier molecular flexibility index (Phi) is 6.67. The molecule has 0 saturated carbocycles. The molecule has 1 N–H and O–H groups in total. The molecule has 6 nitrogen and oxygen atoms in total. The fourth-order valence-corrected chi connectivity index (χ4v) is 3.99. The molecule has 9 heteroatoms. The highest BCUT2D eigenvalue weighted by atomic mass is 35.5. The largest absolute Gasteiger partial charge is 0.497 e. The molecule has 0 aliphatic rings. The van der Waals surface area contributed by atoms with Crippen LogP contribution < -0.4 is 14.4 Å². The lowest BCUT2D eigenvalue weighted by molar-refractivity contribution is -0.117. The number of nitrogens with one attached hydrogen (secondary N) is 1. The summed E-state index contributed by atoms with van der Waals surface area (Å²) in [6, 6.07) is 9.13. The van der Waals surface area contributed by atoms with E-state index in [1.165, 1.54) is 25.3 Å². The van der Waals surface area contributed by atoms with E-state index in [4.69, 9.17) is 16.3 Å². The van der Waals surface area contributed by atoms with Gasteiger partial charge in [-0.3, -0.25) is 9.10 Å². The Hall–Kier alpha value is -2.32. The molecule has 2 rings (SSSR count). The number of nitrogens with zero attached hydrogens (tertiary/aromatic N) is 1. The van der Waals surface area contributed by atoms with Gasteiger partial charge in [0.2, 0.25) is 15.9 Å². The average Bonchev–Trinajstić information content (AvgIpc) is 2.61. The van der Waals surface area contributed by atoms with E-state index in [2.05, 4.69) is 5.32 Å². The molecule has 0 heterocycles. The highest BCUT2D eigenvalue weighted by Crippen LogP contribution is 2.27. The van der Waals surface area contributed by atoms with Gasteiger partial charge in [0.15, 0.2) is 0 Å². The van der Waals surface area contributed by atoms with E-state index in [1.54, 1.807) is 25.1 Å². The lowest BCUT2D eigenvalue weighted by Gasteiger charge is -2.30. The summed E-state index contributed by atoms with van der Waals surface area (Å²) in [6.45, 7) is 1.69. The summed E-state index contributed by atoms with van der Waals surface area (Å²) < 4.78 is 44.3. The van der Waals surface area contributed by atoms with Crippen LogP contribution in [0, 0.1) is 5.82 Å². The van der Waals surface area contributed by atoms with Crippen molar-refractivity contribution in [2.24, 2.45) is 0 Å². The molecule has 1 atom stereocenters. The van der Waals surface area contributed by atoms with E-state index in [0.29, 0.717) is 11.4 Å². The molecule has 1 amide bonds. The molecule has 0 aromatic heterocycles. The number of rotatable bonds is 7. The van der Waals surface area contributed by atoms with E-state index < -0.39 is 27.8 Å². The minimum absolute atomic E-state index is 0.145. The van der Waals surface area contributed by atoms with Gasteiger partial charge >= 0.3 is 0 Å². The first kappa shape index (κ1) is 21.0. The number of ether oxygens (including phenoxy) is 1. The smallest absolute Gasteiger partial charge is 0.248 e. The van der Waals surface area contributed by atoms with Crippen molar-refractivity contribution in [2.75, 3.05) is 23.0 Å². The summed E-state index contributed by atoms with van der Waals surface area (Å²) in [5.74, 6) is -0.717. The zero-order valence-electron chi connectivity index (χ0n) is 15.1. The van der Waals surface area contributed by atoms with Gasteiger partial charge in [-0.15, -0.1) is 0 Å². The van der Waals surface area contributed by atoms with E-state index in [1.807, 2.05) is 0 Å². The highest BCUT2D eigenvalue weighted by Gasteiger charge is 2.31. The molecule has 0 aliphatic carbocycles. The number of carbonyl (C=O) groups is 1. The van der Waals surface area contributed by atoms with Crippen molar-refractivity contribution in [1.29, 1.82) is 0 Å². The van der Waals surface area contributed by atoms with Crippen molar-refractivity contribution in [2.45, 2.75) is 19.4 Å². The van der Waals surface area contributed by atoms with Crippen LogP contribution in [0.5, 0.6) is 5.75 Å². The topological polar surface area (TPSA) is 75.7 Å². The van der Waals surface area contributed by atoms with Crippen LogP contribution in [0.4, 0.5) is 15.8 Å². The monoisotopic (exact) mass is 414 g/mol. The second-order valence-corrected chi connectivity index (χ2v) is 8.07. The molecule has 2 aromatic rings. The third-order valence-corrected chi connectivity index (χ3v) is 5.29. The number of anilines is 2. The first-order chi connectivity index (χ1) is 12.7. The number of hydrogen-bond acceptors (Lipinski definition) is 4. The Morgan fingerprint density at radius 3 is 2.56 bits per heavy atom. The van der Waals surface area contributed by atoms with Crippen molar-refractivity contribution in [3.05, 3.63) is 53.3 Å². The summed E-state index contributed by atoms with van der Waals surface area (Å²) in [7, 11) is -2.31. The maximum atomic E-state index is 13.3. The first-order valence-corrected chi connectivity index (χ1v) is 10.3. The third-order valence-electron chi connectivity index (χ3n) is 3.82. The van der Waals surface area contributed by atoms with Crippen molar-refractivity contribution < 1.29 is 22.3 Å². The first-order valence-electron chi connectivity index (χ1n) is 8.06. The van der Waals surface area contributed by atoms with Gasteiger partial charge in [-0.05, 0) is 36.8 Å². The van der Waals surface area contributed by atoms with Gasteiger partial charge in [-0.2, -0.15) is 0 Å². The normalized spacial score (nSPS) is 12.3. The van der Waals surface area contributed by atoms with Gasteiger partial charge in [0.1, 0.15) is 17.6 Å². The average molecular weight is 415 g/mol. The fraction of sp³-hybridized carbons (Fsp3) is 0.278. The Bertz CT molecular complexity index is 937. The number of amides is 1. The molecule has 146 valence electrons. The molecule has 27 heavy (non-hydrogen) atoms. The lowest BCUT2D eigenvalue weighted by Crippen LogP contribution is -2.47. The van der Waals surface area contributed by atoms with Crippen LogP contribution in [0.25, 0.3) is 0 Å². The van der Waals surface area contributed by atoms with Gasteiger partial charge in [-0.25, -0.2) is 12.8 Å². The Morgan fingerprint density at radius 1 is 1.30 bits per heavy atom. The van der Waals surface area contributed by atoms with Gasteiger partial charge < -0.3 is 10.1 Å². The summed E-state index contributed by atoms with van der Waals surface area (Å²) in [5, 5.41) is 2.44. The molecule has 2 aromatic carbocycles. The second kappa shape index (κ2) is 8.58. The van der Waals surface area contributed by atoms with Crippen molar-refractivity contribution in [3.8, 4) is 5.75 Å². The van der Waals surface area contributed by atoms with Gasteiger partial charge in [0, 0.05) is 11.8 Å². The SMILES string of the molecule is CC[C@@H](C(=O)Nc1ccc(F)c(Cl)c1)N(c1cccc(OC)c1)S(C)(=O)=O. The van der Waals surface area contributed by atoms with Crippen LogP contribution in [0.3, 0.4) is 0 Å². The van der Waals surface area contributed by atoms with Crippen LogP contribution in [0.15, 0.2) is 42.5 Å². The molecule has 0 unspecified atom stereocenters. The maximum absolute atomic E-state index is 13.3. The van der Waals surface area contributed by atoms with Gasteiger partial charge in [-0.1, -0.05) is 24.6 Å². The van der Waals surface area contributed by atoms with Crippen LogP contribution in [-0.4, -0.2) is 33.7 Å². The van der Waals surface area contributed by atoms with E-state index in [-0.39, 0.29) is 17.1 Å². The quantitative estimate of drug-likeness (QED) is 0.750. The molecule has 0 aliphatic heterocycles. The van der Waals surface area contributed by atoms with Crippen molar-refractivity contribution in [1.82, 2.24) is 0 Å². The zero-order valence-corrected chi connectivity index (χ0v) is 16.6. The highest BCUT2D eigenvalue weighted by molar-refractivity contribution is 7.92. The minimum atomic E-state index is -3.78. The number of halogens is 2. The molecule has 0 bridgehead atoms. The van der Waals surface area contributed by atoms with Crippen molar-refractivity contribution in [3.63, 3.8) is 0 Å². The fourth-order valence-electron chi connectivity index (χ4n) is 2.61. The predicted molar refractivity (Wildman–Crippen MR) is 104 cm³/mol. The lowest BCUT2D eigenvalue weighted by atomic mass is 10.1. The van der Waals surface area contributed by atoms with Crippen LogP contribution in [0.2, 0.25) is 5.02 Å². The molecule has 0 spiro atoms. The molecular weight excluding hydrogens is 395 g/mol. The summed E-state index contributed by atoms with van der Waals surface area (Å²) in [5.41, 5.74) is 0.569. The zero-order chi connectivity index (χ0) is 20.2. The van der Waals surface area contributed by atoms with Gasteiger partial charge in [0.05, 0.1) is 24.1 Å². The van der Waals surface area contributed by atoms with Crippen LogP contribution >= 0.6 is 11.6 Å². The molecule has 0 saturated heterocycles. The number of hydrogen-bond donors (Lipinski definition) is 1. The minimum Gasteiger partial charge on any atom is -0.497 e. The van der Waals surface area contributed by atoms with E-state index >= 15 is 0 Å². The number of benzene rings is 2. The second-order valence-electron chi connectivity index (χ2n) is 5.80. The number of carbonyl (C=O) groups excluding carboxylic acids is 1. The van der Waals surface area contributed by atoms with Crippen LogP contribution in [-0.2, 0) is 14.8 Å². The van der Waals surface area contributed by atoms with Crippen LogP contribution in [0.1, 0.15) is 13.3 Å². The molecular formula is C18H20ClFN2O4S. The van der Waals surface area contributed by atoms with Gasteiger partial charge in [0.25, 0.3) is 0 Å². The van der Waals surface area contributed by atoms with E-state index in [0.717, 1.165) is 16.6 Å². The number of methoxy groups -OCH3 is 1. The Labute approximate surface area is 162 Å². The molecule has 0 radical (unpaired) electrons. The van der Waals surface area contributed by atoms with Crippen molar-refractivity contribution >= 4 is 38.9 Å². The van der Waals surface area contributed by atoms with E-state index in [9.17, 15) is 17.6 Å². The maximum Gasteiger partial charge on any atom is 0.248 e. The Balaban J connectivity index is 2.39. The summed E-state index contributed by atoms with van der Waals surface area (Å²) in [4.78, 5) is 12.8. The number of sulfonamides is 1. The summed E-state index contributed by atoms with van der Waals surface area (Å²) >= 11 is 5.73. The standard InChI is InChI=1S/C18H20ClFN2O4S/c1-4-17(18(23)21-12-8-9-16(20)15(19)10-12)22(27(3,24)25)13-6-5-7-14(11-13)26-2/h5-11,17H,4H2,1-3H3,(H,21,23)/t17-/m0/s1. The third kappa shape index (κ3) is 5.11. The predicted octanol–water partition coefficient (Wildman–Crippen LogP) is 3.67. The summed E-state index contributed by atoms with van der Waals surface area (Å²) in [6.07, 6.45) is 1.24.